The minimum absolute atomic E-state index is 0.0128. The normalized spacial score (nSPS) is 24.5. The summed E-state index contributed by atoms with van der Waals surface area (Å²) in [5.41, 5.74) is 13.0. The Labute approximate surface area is 402 Å². The lowest BCUT2D eigenvalue weighted by atomic mass is 9.35. The molecule has 3 heterocycles. The van der Waals surface area contributed by atoms with E-state index in [0.29, 0.717) is 42.4 Å². The van der Waals surface area contributed by atoms with E-state index in [9.17, 15) is 11.0 Å². The van der Waals surface area contributed by atoms with Gasteiger partial charge >= 0.3 is 0 Å². The molecule has 2 atom stereocenters. The molecule has 3 aromatic carbocycles. The fourth-order valence-electron chi connectivity index (χ4n) is 11.5. The second-order valence-electron chi connectivity index (χ2n) is 23.2. The highest BCUT2D eigenvalue weighted by Crippen LogP contribution is 2.54. The van der Waals surface area contributed by atoms with E-state index in [0.717, 1.165) is 69.8 Å². The Morgan fingerprint density at radius 1 is 0.828 bits per heavy atom. The lowest BCUT2D eigenvalue weighted by Crippen LogP contribution is -2.56. The molecule has 0 spiro atoms. The molecule has 2 aliphatic heterocycles. The molecule has 0 saturated carbocycles. The predicted octanol–water partition coefficient (Wildman–Crippen LogP) is 15.9. The zero-order chi connectivity index (χ0) is 52.2. The van der Waals surface area contributed by atoms with E-state index in [1.807, 2.05) is 37.3 Å². The van der Waals surface area contributed by atoms with Gasteiger partial charge in [0, 0.05) is 47.4 Å². The highest BCUT2D eigenvalue weighted by molar-refractivity contribution is 7.33. The summed E-state index contributed by atoms with van der Waals surface area (Å²) in [5, 5.41) is 1.14. The van der Waals surface area contributed by atoms with Crippen molar-refractivity contribution in [2.75, 3.05) is 9.80 Å². The second-order valence-corrected chi connectivity index (χ2v) is 24.2. The molecule has 0 N–H and O–H groups in total. The number of aryl methyl sites for hydroxylation is 1. The molecule has 4 aliphatic carbocycles. The molecular formula is C60H73BN2S. The van der Waals surface area contributed by atoms with E-state index in [-0.39, 0.29) is 76.4 Å². The molecule has 2 nitrogen and oxygen atoms in total. The summed E-state index contributed by atoms with van der Waals surface area (Å²) in [6, 6.07) is 9.12. The second kappa shape index (κ2) is 15.4. The quantitative estimate of drug-likeness (QED) is 0.178. The third kappa shape index (κ3) is 7.01. The maximum Gasteiger partial charge on any atom is 0.264 e. The van der Waals surface area contributed by atoms with Gasteiger partial charge in [0.2, 0.25) is 0 Å². The van der Waals surface area contributed by atoms with Gasteiger partial charge in [0.25, 0.3) is 6.71 Å². The smallest absolute Gasteiger partial charge is 0.264 e. The first kappa shape index (κ1) is 35.0. The van der Waals surface area contributed by atoms with Gasteiger partial charge in [-0.25, -0.2) is 0 Å². The van der Waals surface area contributed by atoms with E-state index in [4.69, 9.17) is 0 Å². The fraction of sp³-hybridized carbons (Fsp3) is 0.467. The van der Waals surface area contributed by atoms with Crippen molar-refractivity contribution in [3.8, 4) is 0 Å². The molecule has 4 heteroatoms. The van der Waals surface area contributed by atoms with E-state index < -0.39 is 6.85 Å². The molecule has 0 fully saturated rings. The van der Waals surface area contributed by atoms with Crippen LogP contribution >= 0.6 is 11.3 Å². The standard InChI is InChI=1S/C60H73BN2S/c1-35(2)39-15-17-40(18-16-39)45-31-41(36(3)4)19-25-50(45)63-51-26-20-42(37(5)6)32-49(51)61-55-52(29-38(7)30-53(55)63)62(44-23-21-43(22-24-44)58(8,9)10)56-46-33-47-48(34-54(46)64-57(56)61)60(13,14)28-27-59(47,11)12/h15-19,21,23-25,29-30,32-37,41,43H,20,22,26-28,31H2,1-14H3/i7D3,15D,16D,17D,18D,24D. The maximum atomic E-state index is 10.0. The Kier molecular flexibility index (Phi) is 8.42. The van der Waals surface area contributed by atoms with E-state index in [1.165, 1.54) is 31.6 Å². The minimum Gasteiger partial charge on any atom is -0.315 e. The molecule has 0 bridgehead atoms. The van der Waals surface area contributed by atoms with E-state index in [1.54, 1.807) is 0 Å². The summed E-state index contributed by atoms with van der Waals surface area (Å²) in [5.74, 6) is 0.539. The Morgan fingerprint density at radius 3 is 2.14 bits per heavy atom. The molecule has 332 valence electrons. The van der Waals surface area contributed by atoms with Crippen LogP contribution in [0.3, 0.4) is 0 Å². The first-order valence-electron chi connectivity index (χ1n) is 28.3. The van der Waals surface area contributed by atoms with Crippen molar-refractivity contribution >= 4 is 61.0 Å². The van der Waals surface area contributed by atoms with Crippen molar-refractivity contribution in [3.05, 3.63) is 141 Å². The van der Waals surface area contributed by atoms with Crippen molar-refractivity contribution in [3.63, 3.8) is 0 Å². The van der Waals surface area contributed by atoms with E-state index >= 15 is 0 Å². The first-order chi connectivity index (χ1) is 33.5. The Bertz CT molecular complexity index is 3150. The van der Waals surface area contributed by atoms with Gasteiger partial charge in [0.05, 0.1) is 12.5 Å². The van der Waals surface area contributed by atoms with Gasteiger partial charge in [-0.3, -0.25) is 0 Å². The van der Waals surface area contributed by atoms with Crippen molar-refractivity contribution in [2.45, 2.75) is 152 Å². The van der Waals surface area contributed by atoms with Crippen molar-refractivity contribution in [1.82, 2.24) is 0 Å². The molecule has 64 heavy (non-hydrogen) atoms. The largest absolute Gasteiger partial charge is 0.315 e. The first-order valence-corrected chi connectivity index (χ1v) is 25.1. The number of fused-ring (bicyclic) bond motifs is 6. The SMILES string of the molecule is [2H]C1=C(N2c3cc(C([2H])([2H])[2H])cc4c3B(C3=C(CCC(C(C)C)=C3)N4C3=C(c4c([2H])c([2H])c(C(C)C)c([2H])c4[2H])CC(C(C)C)C=C3)c3sc4cc5c(cc4c32)C(C)(C)CCC5(C)C)C=CC(C(C)(C)C)C1. The van der Waals surface area contributed by atoms with Crippen LogP contribution < -0.4 is 20.0 Å². The molecule has 10 rings (SSSR count). The van der Waals surface area contributed by atoms with Gasteiger partial charge in [0.15, 0.2) is 0 Å². The number of nitrogens with zero attached hydrogens (tertiary/aromatic N) is 2. The molecule has 4 aromatic rings. The summed E-state index contributed by atoms with van der Waals surface area (Å²) in [6.07, 6.45) is 16.0. The predicted molar refractivity (Wildman–Crippen MR) is 281 cm³/mol. The van der Waals surface area contributed by atoms with Crippen LogP contribution in [0.1, 0.15) is 173 Å². The van der Waals surface area contributed by atoms with Crippen molar-refractivity contribution in [2.24, 2.45) is 29.1 Å². The highest BCUT2D eigenvalue weighted by atomic mass is 32.1. The molecule has 0 amide bonds. The monoisotopic (exact) mass is 873 g/mol. The highest BCUT2D eigenvalue weighted by Gasteiger charge is 2.48. The molecular weight excluding hydrogens is 792 g/mol. The Morgan fingerprint density at radius 2 is 1.52 bits per heavy atom. The third-order valence-corrected chi connectivity index (χ3v) is 17.1. The lowest BCUT2D eigenvalue weighted by molar-refractivity contribution is 0.293. The van der Waals surface area contributed by atoms with Crippen LogP contribution in [-0.4, -0.2) is 6.71 Å². The zero-order valence-corrected chi connectivity index (χ0v) is 41.5. The van der Waals surface area contributed by atoms with E-state index in [2.05, 4.69) is 128 Å². The van der Waals surface area contributed by atoms with Gasteiger partial charge in [-0.15, -0.1) is 11.3 Å². The Hall–Kier alpha value is -4.28. The summed E-state index contributed by atoms with van der Waals surface area (Å²) in [7, 11) is 0. The van der Waals surface area contributed by atoms with Crippen LogP contribution in [0.2, 0.25) is 0 Å². The maximum absolute atomic E-state index is 10.0. The van der Waals surface area contributed by atoms with Gasteiger partial charge < -0.3 is 9.80 Å². The number of thiophene rings is 1. The van der Waals surface area contributed by atoms with Crippen molar-refractivity contribution in [1.29, 1.82) is 0 Å². The number of hydrogen-bond donors (Lipinski definition) is 0. The number of allylic oxidation sites excluding steroid dienone is 10. The number of anilines is 3. The van der Waals surface area contributed by atoms with Crippen LogP contribution in [0, 0.1) is 35.9 Å². The van der Waals surface area contributed by atoms with Gasteiger partial charge in [-0.2, -0.15) is 0 Å². The average molecular weight is 873 g/mol. The summed E-state index contributed by atoms with van der Waals surface area (Å²) in [4.78, 5) is 4.55. The molecule has 6 aliphatic rings. The molecule has 1 aromatic heterocycles. The topological polar surface area (TPSA) is 6.48 Å². The lowest BCUT2D eigenvalue weighted by Gasteiger charge is -2.47. The van der Waals surface area contributed by atoms with Crippen LogP contribution in [0.5, 0.6) is 0 Å². The average Bonchev–Trinajstić information content (AvgIpc) is 3.67. The fourth-order valence-corrected chi connectivity index (χ4v) is 12.8. The van der Waals surface area contributed by atoms with Crippen molar-refractivity contribution < 1.29 is 11.0 Å². The van der Waals surface area contributed by atoms with Gasteiger partial charge in [-0.05, 0) is 172 Å². The van der Waals surface area contributed by atoms with Crippen LogP contribution in [0.25, 0.3) is 15.7 Å². The van der Waals surface area contributed by atoms with Crippen LogP contribution in [-0.2, 0) is 10.8 Å². The summed E-state index contributed by atoms with van der Waals surface area (Å²) in [6.45, 7) is 26.2. The molecule has 0 radical (unpaired) electrons. The number of benzene rings is 3. The van der Waals surface area contributed by atoms with Crippen LogP contribution in [0.15, 0.2) is 113 Å². The number of hydrogen-bond acceptors (Lipinski definition) is 3. The Balaban J connectivity index is 1.37. The molecule has 2 unspecified atom stereocenters. The number of rotatable bonds is 6. The third-order valence-electron chi connectivity index (χ3n) is 15.9. The van der Waals surface area contributed by atoms with Gasteiger partial charge in [0.1, 0.15) is 0 Å². The van der Waals surface area contributed by atoms with Crippen LogP contribution in [0.4, 0.5) is 17.1 Å². The summed E-state index contributed by atoms with van der Waals surface area (Å²) >= 11 is 1.85. The summed E-state index contributed by atoms with van der Waals surface area (Å²) < 4.78 is 77.9. The zero-order valence-electron chi connectivity index (χ0n) is 48.7. The van der Waals surface area contributed by atoms with Gasteiger partial charge in [-0.1, -0.05) is 144 Å². The molecule has 0 saturated heterocycles. The minimum atomic E-state index is -2.49.